The number of nitrogens with zero attached hydrogens (tertiary/aromatic N) is 4. The maximum atomic E-state index is 12.7. The number of carbonyl (C=O) groups is 1. The number of piperidine rings is 1. The van der Waals surface area contributed by atoms with Crippen molar-refractivity contribution in [2.75, 3.05) is 18.0 Å². The standard InChI is InChI=1S/C22H20ClN5OS/c23-17-6-2-1-4-15(17)12-25-21(29)14-7-10-28(11-8-14)20-19-18(26-13-27-20)16-5-3-9-24-22(16)30-19/h1-6,9,13-14H,7-8,10-12H2,(H,25,29). The van der Waals surface area contributed by atoms with Crippen molar-refractivity contribution >= 4 is 55.1 Å². The van der Waals surface area contributed by atoms with Crippen molar-refractivity contribution in [2.24, 2.45) is 5.92 Å². The predicted octanol–water partition coefficient (Wildman–Crippen LogP) is 4.43. The Hall–Kier alpha value is -2.77. The molecule has 4 heterocycles. The average molecular weight is 438 g/mol. The van der Waals surface area contributed by atoms with Gasteiger partial charge in [-0.2, -0.15) is 0 Å². The number of hydrogen-bond acceptors (Lipinski definition) is 6. The molecule has 6 nitrogen and oxygen atoms in total. The summed E-state index contributed by atoms with van der Waals surface area (Å²) in [6, 6.07) is 11.6. The van der Waals surface area contributed by atoms with Crippen LogP contribution in [0.25, 0.3) is 20.4 Å². The van der Waals surface area contributed by atoms with E-state index in [0.717, 1.165) is 57.7 Å². The summed E-state index contributed by atoms with van der Waals surface area (Å²) in [5, 5.41) is 4.78. The lowest BCUT2D eigenvalue weighted by atomic mass is 9.95. The Bertz CT molecular complexity index is 1220. The molecule has 0 radical (unpaired) electrons. The number of halogens is 1. The summed E-state index contributed by atoms with van der Waals surface area (Å²) < 4.78 is 1.06. The van der Waals surface area contributed by atoms with E-state index < -0.39 is 0 Å². The van der Waals surface area contributed by atoms with Gasteiger partial charge in [0.15, 0.2) is 0 Å². The Morgan fingerprint density at radius 1 is 1.13 bits per heavy atom. The van der Waals surface area contributed by atoms with Crippen molar-refractivity contribution in [1.82, 2.24) is 20.3 Å². The first-order valence-corrected chi connectivity index (χ1v) is 11.1. The molecule has 1 N–H and O–H groups in total. The minimum Gasteiger partial charge on any atom is -0.355 e. The Balaban J connectivity index is 1.27. The predicted molar refractivity (Wildman–Crippen MR) is 121 cm³/mol. The highest BCUT2D eigenvalue weighted by atomic mass is 35.5. The first-order valence-electron chi connectivity index (χ1n) is 9.95. The second-order valence-corrected chi connectivity index (χ2v) is 8.81. The van der Waals surface area contributed by atoms with E-state index in [1.54, 1.807) is 23.9 Å². The molecule has 1 aliphatic heterocycles. The summed E-state index contributed by atoms with van der Waals surface area (Å²) in [6.07, 6.45) is 5.02. The minimum absolute atomic E-state index is 0.00476. The molecule has 1 aliphatic rings. The number of rotatable bonds is 4. The number of nitrogens with one attached hydrogen (secondary N) is 1. The first kappa shape index (κ1) is 19.2. The molecule has 4 aromatic rings. The maximum Gasteiger partial charge on any atom is 0.223 e. The zero-order valence-corrected chi connectivity index (χ0v) is 17.8. The average Bonchev–Trinajstić information content (AvgIpc) is 3.17. The molecule has 1 aromatic carbocycles. The van der Waals surface area contributed by atoms with Crippen molar-refractivity contribution in [2.45, 2.75) is 19.4 Å². The van der Waals surface area contributed by atoms with E-state index in [0.29, 0.717) is 11.6 Å². The maximum absolute atomic E-state index is 12.7. The molecule has 1 saturated heterocycles. The van der Waals surface area contributed by atoms with Gasteiger partial charge in [-0.05, 0) is 36.6 Å². The summed E-state index contributed by atoms with van der Waals surface area (Å²) in [6.45, 7) is 2.04. The van der Waals surface area contributed by atoms with Crippen LogP contribution in [0.4, 0.5) is 5.82 Å². The van der Waals surface area contributed by atoms with Gasteiger partial charge in [0, 0.05) is 42.2 Å². The van der Waals surface area contributed by atoms with E-state index in [-0.39, 0.29) is 11.8 Å². The lowest BCUT2D eigenvalue weighted by Gasteiger charge is -2.32. The molecule has 0 saturated carbocycles. The SMILES string of the molecule is O=C(NCc1ccccc1Cl)C1CCN(c2ncnc3c2sc2ncccc23)CC1. The van der Waals surface area contributed by atoms with Gasteiger partial charge in [-0.1, -0.05) is 29.8 Å². The number of anilines is 1. The van der Waals surface area contributed by atoms with Crippen LogP contribution < -0.4 is 10.2 Å². The Morgan fingerprint density at radius 2 is 1.97 bits per heavy atom. The fraction of sp³-hybridized carbons (Fsp3) is 0.273. The topological polar surface area (TPSA) is 71.0 Å². The van der Waals surface area contributed by atoms with Gasteiger partial charge in [-0.15, -0.1) is 11.3 Å². The summed E-state index contributed by atoms with van der Waals surface area (Å²) in [5.74, 6) is 1.04. The lowest BCUT2D eigenvalue weighted by Crippen LogP contribution is -2.40. The monoisotopic (exact) mass is 437 g/mol. The second kappa shape index (κ2) is 8.16. The summed E-state index contributed by atoms with van der Waals surface area (Å²) in [7, 11) is 0. The molecule has 0 bridgehead atoms. The van der Waals surface area contributed by atoms with Crippen LogP contribution in [0.1, 0.15) is 18.4 Å². The molecule has 1 amide bonds. The van der Waals surface area contributed by atoms with E-state index >= 15 is 0 Å². The summed E-state index contributed by atoms with van der Waals surface area (Å²) in [5.41, 5.74) is 1.89. The smallest absolute Gasteiger partial charge is 0.223 e. The highest BCUT2D eigenvalue weighted by Crippen LogP contribution is 2.37. The van der Waals surface area contributed by atoms with Gasteiger partial charge in [-0.25, -0.2) is 15.0 Å². The molecular weight excluding hydrogens is 418 g/mol. The van der Waals surface area contributed by atoms with Crippen LogP contribution in [0.5, 0.6) is 0 Å². The fourth-order valence-electron chi connectivity index (χ4n) is 3.95. The zero-order valence-electron chi connectivity index (χ0n) is 16.2. The van der Waals surface area contributed by atoms with Gasteiger partial charge >= 0.3 is 0 Å². The number of amides is 1. The second-order valence-electron chi connectivity index (χ2n) is 7.40. The molecule has 30 heavy (non-hydrogen) atoms. The Kier molecular flexibility index (Phi) is 5.23. The third kappa shape index (κ3) is 3.59. The van der Waals surface area contributed by atoms with Gasteiger partial charge in [0.05, 0.1) is 10.2 Å². The third-order valence-corrected chi connectivity index (χ3v) is 7.05. The molecule has 0 aliphatic carbocycles. The highest BCUT2D eigenvalue weighted by molar-refractivity contribution is 7.25. The third-order valence-electron chi connectivity index (χ3n) is 5.59. The van der Waals surface area contributed by atoms with Crippen molar-refractivity contribution in [3.05, 3.63) is 59.5 Å². The van der Waals surface area contributed by atoms with E-state index in [9.17, 15) is 4.79 Å². The van der Waals surface area contributed by atoms with Crippen LogP contribution >= 0.6 is 22.9 Å². The lowest BCUT2D eigenvalue weighted by molar-refractivity contribution is -0.125. The highest BCUT2D eigenvalue weighted by Gasteiger charge is 2.27. The summed E-state index contributed by atoms with van der Waals surface area (Å²) in [4.78, 5) is 29.4. The van der Waals surface area contributed by atoms with E-state index in [2.05, 4.69) is 25.2 Å². The van der Waals surface area contributed by atoms with E-state index in [1.807, 2.05) is 36.4 Å². The molecule has 8 heteroatoms. The van der Waals surface area contributed by atoms with Gasteiger partial charge in [0.2, 0.25) is 5.91 Å². The van der Waals surface area contributed by atoms with Crippen molar-refractivity contribution in [3.63, 3.8) is 0 Å². The largest absolute Gasteiger partial charge is 0.355 e. The molecule has 5 rings (SSSR count). The first-order chi connectivity index (χ1) is 14.7. The van der Waals surface area contributed by atoms with Crippen molar-refractivity contribution in [3.8, 4) is 0 Å². The molecule has 3 aromatic heterocycles. The molecule has 0 spiro atoms. The number of hydrogen-bond donors (Lipinski definition) is 1. The Labute approximate surface area is 182 Å². The molecule has 0 unspecified atom stereocenters. The molecule has 152 valence electrons. The number of pyridine rings is 1. The van der Waals surface area contributed by atoms with Crippen LogP contribution in [0, 0.1) is 5.92 Å². The molecule has 0 atom stereocenters. The number of carbonyl (C=O) groups excluding carboxylic acids is 1. The van der Waals surface area contributed by atoms with Crippen LogP contribution in [0.2, 0.25) is 5.02 Å². The Morgan fingerprint density at radius 3 is 2.80 bits per heavy atom. The van der Waals surface area contributed by atoms with Gasteiger partial charge in [-0.3, -0.25) is 4.79 Å². The minimum atomic E-state index is 0.00476. The quantitative estimate of drug-likeness (QED) is 0.511. The fourth-order valence-corrected chi connectivity index (χ4v) is 5.26. The van der Waals surface area contributed by atoms with E-state index in [4.69, 9.17) is 11.6 Å². The van der Waals surface area contributed by atoms with Crippen molar-refractivity contribution in [1.29, 1.82) is 0 Å². The molecule has 1 fully saturated rings. The van der Waals surface area contributed by atoms with Crippen molar-refractivity contribution < 1.29 is 4.79 Å². The van der Waals surface area contributed by atoms with Gasteiger partial charge < -0.3 is 10.2 Å². The normalized spacial score (nSPS) is 15.0. The number of fused-ring (bicyclic) bond motifs is 3. The van der Waals surface area contributed by atoms with Crippen LogP contribution in [0.3, 0.4) is 0 Å². The number of benzene rings is 1. The van der Waals surface area contributed by atoms with Crippen LogP contribution in [-0.2, 0) is 11.3 Å². The molecular formula is C22H20ClN5OS. The van der Waals surface area contributed by atoms with Gasteiger partial charge in [0.25, 0.3) is 0 Å². The van der Waals surface area contributed by atoms with Gasteiger partial charge in [0.1, 0.15) is 17.0 Å². The summed E-state index contributed by atoms with van der Waals surface area (Å²) >= 11 is 7.81. The number of aromatic nitrogens is 3. The van der Waals surface area contributed by atoms with E-state index in [1.165, 1.54) is 0 Å². The van der Waals surface area contributed by atoms with Crippen LogP contribution in [-0.4, -0.2) is 33.9 Å². The van der Waals surface area contributed by atoms with Crippen LogP contribution in [0.15, 0.2) is 48.9 Å². The zero-order chi connectivity index (χ0) is 20.5. The number of thiophene rings is 1.